The molecule has 0 aliphatic carbocycles. The quantitative estimate of drug-likeness (QED) is 0.524. The third kappa shape index (κ3) is 4.42. The Labute approximate surface area is 90.5 Å². The molecule has 2 heteroatoms. The molecule has 0 saturated heterocycles. The van der Waals surface area contributed by atoms with Gasteiger partial charge >= 0.3 is 0 Å². The molecule has 0 spiro atoms. The molecule has 2 nitrogen and oxygen atoms in total. The maximum Gasteiger partial charge on any atom is 0.123 e. The normalized spacial score (nSPS) is 11.7. The van der Waals surface area contributed by atoms with Crippen molar-refractivity contribution in [2.75, 3.05) is 0 Å². The average Bonchev–Trinajstić information content (AvgIpc) is 2.29. The second kappa shape index (κ2) is 6.78. The molecule has 0 N–H and O–H groups in total. The minimum atomic E-state index is 0.0562. The summed E-state index contributed by atoms with van der Waals surface area (Å²) in [6.45, 7) is 0. The van der Waals surface area contributed by atoms with Crippen molar-refractivity contribution in [1.29, 1.82) is 5.26 Å². The lowest BCUT2D eigenvalue weighted by Crippen LogP contribution is -2.05. The van der Waals surface area contributed by atoms with Crippen molar-refractivity contribution in [2.45, 2.75) is 25.7 Å². The van der Waals surface area contributed by atoms with Crippen molar-refractivity contribution in [3.05, 3.63) is 35.9 Å². The standard InChI is InChI=1S/C13H15NO/c14-9-5-4-8-13(11-15)10-12-6-2-1-3-7-12/h1-3,6-7,11,13H,4-5,8,10H2. The Morgan fingerprint density at radius 3 is 2.67 bits per heavy atom. The molecule has 78 valence electrons. The van der Waals surface area contributed by atoms with Gasteiger partial charge in [0.2, 0.25) is 0 Å². The van der Waals surface area contributed by atoms with Gasteiger partial charge in [0.05, 0.1) is 6.07 Å². The Balaban J connectivity index is 2.41. The molecule has 0 bridgehead atoms. The Bertz CT molecular complexity index is 326. The lowest BCUT2D eigenvalue weighted by Gasteiger charge is -2.08. The van der Waals surface area contributed by atoms with E-state index in [-0.39, 0.29) is 5.92 Å². The molecule has 0 saturated carbocycles. The molecule has 1 aromatic rings. The van der Waals surface area contributed by atoms with Crippen molar-refractivity contribution in [3.8, 4) is 6.07 Å². The van der Waals surface area contributed by atoms with Crippen LogP contribution >= 0.6 is 0 Å². The first-order valence-corrected chi connectivity index (χ1v) is 5.23. The molecule has 15 heavy (non-hydrogen) atoms. The number of hydrogen-bond acceptors (Lipinski definition) is 2. The van der Waals surface area contributed by atoms with Crippen molar-refractivity contribution in [3.63, 3.8) is 0 Å². The van der Waals surface area contributed by atoms with E-state index >= 15 is 0 Å². The van der Waals surface area contributed by atoms with Crippen LogP contribution < -0.4 is 0 Å². The van der Waals surface area contributed by atoms with Crippen LogP contribution in [0.2, 0.25) is 0 Å². The Morgan fingerprint density at radius 1 is 1.33 bits per heavy atom. The van der Waals surface area contributed by atoms with E-state index in [1.165, 1.54) is 5.56 Å². The van der Waals surface area contributed by atoms with Gasteiger partial charge in [-0.15, -0.1) is 0 Å². The van der Waals surface area contributed by atoms with Crippen LogP contribution in [-0.2, 0) is 11.2 Å². The van der Waals surface area contributed by atoms with Gasteiger partial charge in [-0.1, -0.05) is 30.3 Å². The van der Waals surface area contributed by atoms with Gasteiger partial charge in [-0.2, -0.15) is 5.26 Å². The highest BCUT2D eigenvalue weighted by Gasteiger charge is 2.07. The summed E-state index contributed by atoms with van der Waals surface area (Å²) in [4.78, 5) is 10.8. The van der Waals surface area contributed by atoms with Gasteiger partial charge in [-0.25, -0.2) is 0 Å². The van der Waals surface area contributed by atoms with E-state index < -0.39 is 0 Å². The van der Waals surface area contributed by atoms with Gasteiger partial charge in [0.1, 0.15) is 6.29 Å². The van der Waals surface area contributed by atoms with Crippen molar-refractivity contribution in [1.82, 2.24) is 0 Å². The van der Waals surface area contributed by atoms with Crippen LogP contribution in [0, 0.1) is 17.2 Å². The summed E-state index contributed by atoms with van der Waals surface area (Å²) >= 11 is 0. The van der Waals surface area contributed by atoms with E-state index in [4.69, 9.17) is 5.26 Å². The van der Waals surface area contributed by atoms with Crippen LogP contribution in [0.1, 0.15) is 24.8 Å². The van der Waals surface area contributed by atoms with Crippen LogP contribution in [0.4, 0.5) is 0 Å². The molecular weight excluding hydrogens is 186 g/mol. The summed E-state index contributed by atoms with van der Waals surface area (Å²) in [5.74, 6) is 0.0562. The van der Waals surface area contributed by atoms with Crippen LogP contribution in [0.25, 0.3) is 0 Å². The van der Waals surface area contributed by atoms with Gasteiger partial charge in [-0.3, -0.25) is 0 Å². The van der Waals surface area contributed by atoms with Crippen molar-refractivity contribution < 1.29 is 4.79 Å². The van der Waals surface area contributed by atoms with E-state index in [0.29, 0.717) is 6.42 Å². The van der Waals surface area contributed by atoms with Gasteiger partial charge in [0, 0.05) is 12.3 Å². The van der Waals surface area contributed by atoms with E-state index in [0.717, 1.165) is 25.5 Å². The summed E-state index contributed by atoms with van der Waals surface area (Å²) in [7, 11) is 0. The molecule has 1 unspecified atom stereocenters. The van der Waals surface area contributed by atoms with E-state index in [9.17, 15) is 4.79 Å². The minimum Gasteiger partial charge on any atom is -0.303 e. The maximum absolute atomic E-state index is 10.8. The van der Waals surface area contributed by atoms with E-state index in [1.807, 2.05) is 30.3 Å². The Morgan fingerprint density at radius 2 is 2.07 bits per heavy atom. The summed E-state index contributed by atoms with van der Waals surface area (Å²) < 4.78 is 0. The molecule has 1 rings (SSSR count). The number of hydrogen-bond donors (Lipinski definition) is 0. The highest BCUT2D eigenvalue weighted by molar-refractivity contribution is 5.54. The topological polar surface area (TPSA) is 40.9 Å². The van der Waals surface area contributed by atoms with Crippen molar-refractivity contribution >= 4 is 6.29 Å². The largest absolute Gasteiger partial charge is 0.303 e. The van der Waals surface area contributed by atoms with Crippen molar-refractivity contribution in [2.24, 2.45) is 5.92 Å². The van der Waals surface area contributed by atoms with Gasteiger partial charge in [0.25, 0.3) is 0 Å². The first-order chi connectivity index (χ1) is 7.36. The third-order valence-corrected chi connectivity index (χ3v) is 2.40. The second-order valence-corrected chi connectivity index (χ2v) is 3.64. The molecule has 0 aromatic heterocycles. The summed E-state index contributed by atoms with van der Waals surface area (Å²) in [5, 5.41) is 8.40. The zero-order chi connectivity index (χ0) is 10.9. The highest BCUT2D eigenvalue weighted by Crippen LogP contribution is 2.12. The summed E-state index contributed by atoms with van der Waals surface area (Å²) in [6, 6.07) is 12.1. The molecule has 0 amide bonds. The fourth-order valence-corrected chi connectivity index (χ4v) is 1.58. The highest BCUT2D eigenvalue weighted by atomic mass is 16.1. The van der Waals surface area contributed by atoms with Gasteiger partial charge in [-0.05, 0) is 24.8 Å². The lowest BCUT2D eigenvalue weighted by molar-refractivity contribution is -0.111. The van der Waals surface area contributed by atoms with Gasteiger partial charge < -0.3 is 4.79 Å². The monoisotopic (exact) mass is 201 g/mol. The van der Waals surface area contributed by atoms with E-state index in [2.05, 4.69) is 6.07 Å². The fraction of sp³-hybridized carbons (Fsp3) is 0.385. The van der Waals surface area contributed by atoms with Crippen LogP contribution in [0.5, 0.6) is 0 Å². The number of nitriles is 1. The van der Waals surface area contributed by atoms with Crippen LogP contribution in [-0.4, -0.2) is 6.29 Å². The zero-order valence-electron chi connectivity index (χ0n) is 8.73. The zero-order valence-corrected chi connectivity index (χ0v) is 8.73. The third-order valence-electron chi connectivity index (χ3n) is 2.40. The number of carbonyl (C=O) groups is 1. The molecule has 0 aliphatic heterocycles. The molecule has 1 atom stereocenters. The van der Waals surface area contributed by atoms with Gasteiger partial charge in [0.15, 0.2) is 0 Å². The molecule has 0 fully saturated rings. The predicted octanol–water partition coefficient (Wildman–Crippen LogP) is 2.74. The molecule has 0 heterocycles. The number of benzene rings is 1. The number of aldehydes is 1. The Kier molecular flexibility index (Phi) is 5.18. The number of carbonyl (C=O) groups excluding carboxylic acids is 1. The number of unbranched alkanes of at least 4 members (excludes halogenated alkanes) is 1. The Hall–Kier alpha value is -1.62. The molecule has 0 radical (unpaired) electrons. The first kappa shape index (κ1) is 11.5. The predicted molar refractivity (Wildman–Crippen MR) is 59.2 cm³/mol. The van der Waals surface area contributed by atoms with Crippen LogP contribution in [0.3, 0.4) is 0 Å². The molecule has 0 aliphatic rings. The smallest absolute Gasteiger partial charge is 0.123 e. The molecular formula is C13H15NO. The lowest BCUT2D eigenvalue weighted by atomic mass is 9.95. The summed E-state index contributed by atoms with van der Waals surface area (Å²) in [5.41, 5.74) is 1.19. The fourth-order valence-electron chi connectivity index (χ4n) is 1.58. The van der Waals surface area contributed by atoms with Crippen LogP contribution in [0.15, 0.2) is 30.3 Å². The minimum absolute atomic E-state index is 0.0562. The second-order valence-electron chi connectivity index (χ2n) is 3.64. The SMILES string of the molecule is N#CCCCC(C=O)Cc1ccccc1. The number of nitrogens with zero attached hydrogens (tertiary/aromatic N) is 1. The summed E-state index contributed by atoms with van der Waals surface area (Å²) in [6.07, 6.45) is 3.96. The first-order valence-electron chi connectivity index (χ1n) is 5.23. The van der Waals surface area contributed by atoms with E-state index in [1.54, 1.807) is 0 Å². The molecule has 1 aromatic carbocycles. The average molecular weight is 201 g/mol. The number of rotatable bonds is 6. The maximum atomic E-state index is 10.8.